The van der Waals surface area contributed by atoms with Gasteiger partial charge in [0.1, 0.15) is 5.76 Å². The largest absolute Gasteiger partial charge is 0.468 e. The minimum Gasteiger partial charge on any atom is -0.468 e. The van der Waals surface area contributed by atoms with E-state index < -0.39 is 0 Å². The molecular weight excluding hydrogens is 162 g/mol. The fourth-order valence-electron chi connectivity index (χ4n) is 1.48. The van der Waals surface area contributed by atoms with Crippen molar-refractivity contribution in [3.63, 3.8) is 0 Å². The maximum Gasteiger partial charge on any atom is 0.117 e. The van der Waals surface area contributed by atoms with Crippen LogP contribution in [0.5, 0.6) is 0 Å². The van der Waals surface area contributed by atoms with E-state index in [1.807, 2.05) is 12.1 Å². The number of furan rings is 1. The lowest BCUT2D eigenvalue weighted by Gasteiger charge is -2.14. The van der Waals surface area contributed by atoms with Crippen molar-refractivity contribution in [1.29, 1.82) is 0 Å². The fourth-order valence-corrected chi connectivity index (χ4v) is 1.48. The molecule has 1 atom stereocenters. The summed E-state index contributed by atoms with van der Waals surface area (Å²) in [5.41, 5.74) is 0. The van der Waals surface area contributed by atoms with Gasteiger partial charge in [-0.15, -0.1) is 0 Å². The van der Waals surface area contributed by atoms with Gasteiger partial charge in [0, 0.05) is 6.04 Å². The molecule has 0 aliphatic rings. The lowest BCUT2D eigenvalue weighted by molar-refractivity contribution is 0.410. The normalized spacial score (nSPS) is 13.5. The van der Waals surface area contributed by atoms with Gasteiger partial charge in [-0.1, -0.05) is 13.8 Å². The Morgan fingerprint density at radius 2 is 2.15 bits per heavy atom. The third kappa shape index (κ3) is 4.13. The summed E-state index contributed by atoms with van der Waals surface area (Å²) < 4.78 is 5.23. The second-order valence-electron chi connectivity index (χ2n) is 3.99. The molecule has 2 heteroatoms. The molecule has 0 saturated heterocycles. The molecule has 0 spiro atoms. The van der Waals surface area contributed by atoms with Crippen LogP contribution in [0, 0.1) is 5.92 Å². The molecule has 1 rings (SSSR count). The molecule has 2 nitrogen and oxygen atoms in total. The number of nitrogens with one attached hydrogen (secondary N) is 1. The second-order valence-corrected chi connectivity index (χ2v) is 3.99. The van der Waals surface area contributed by atoms with Crippen LogP contribution in [0.3, 0.4) is 0 Å². The zero-order chi connectivity index (χ0) is 9.68. The van der Waals surface area contributed by atoms with Gasteiger partial charge in [0.15, 0.2) is 0 Å². The van der Waals surface area contributed by atoms with E-state index in [9.17, 15) is 0 Å². The maximum atomic E-state index is 5.23. The van der Waals surface area contributed by atoms with Crippen LogP contribution in [0.4, 0.5) is 0 Å². The van der Waals surface area contributed by atoms with Crippen LogP contribution in [0.1, 0.15) is 33.0 Å². The van der Waals surface area contributed by atoms with Gasteiger partial charge in [0.2, 0.25) is 0 Å². The topological polar surface area (TPSA) is 25.2 Å². The highest BCUT2D eigenvalue weighted by Crippen LogP contribution is 2.05. The molecule has 0 aliphatic heterocycles. The Bertz CT molecular complexity index is 216. The first kappa shape index (κ1) is 10.3. The molecule has 0 fully saturated rings. The third-order valence-electron chi connectivity index (χ3n) is 2.03. The van der Waals surface area contributed by atoms with Crippen molar-refractivity contribution in [3.05, 3.63) is 24.2 Å². The molecule has 0 saturated carbocycles. The average Bonchev–Trinajstić information content (AvgIpc) is 2.51. The van der Waals surface area contributed by atoms with Gasteiger partial charge in [-0.3, -0.25) is 0 Å². The molecule has 1 aromatic rings. The summed E-state index contributed by atoms with van der Waals surface area (Å²) in [5, 5.41) is 3.42. The molecule has 0 bridgehead atoms. The van der Waals surface area contributed by atoms with Crippen LogP contribution in [-0.4, -0.2) is 6.04 Å². The SMILES string of the molecule is CC(C)CC(C)NCc1ccco1. The first-order valence-electron chi connectivity index (χ1n) is 4.94. The second kappa shape index (κ2) is 5.07. The van der Waals surface area contributed by atoms with Crippen LogP contribution in [0.25, 0.3) is 0 Å². The molecule has 74 valence electrons. The molecule has 1 N–H and O–H groups in total. The number of hydrogen-bond donors (Lipinski definition) is 1. The van der Waals surface area contributed by atoms with Crippen LogP contribution >= 0.6 is 0 Å². The van der Waals surface area contributed by atoms with E-state index in [1.165, 1.54) is 6.42 Å². The highest BCUT2D eigenvalue weighted by molar-refractivity contribution is 4.97. The predicted molar refractivity (Wildman–Crippen MR) is 54.5 cm³/mol. The Labute approximate surface area is 80.3 Å². The predicted octanol–water partition coefficient (Wildman–Crippen LogP) is 2.80. The Hall–Kier alpha value is -0.760. The molecule has 1 unspecified atom stereocenters. The highest BCUT2D eigenvalue weighted by atomic mass is 16.3. The molecule has 1 aromatic heterocycles. The van der Waals surface area contributed by atoms with Crippen molar-refractivity contribution in [2.75, 3.05) is 0 Å². The van der Waals surface area contributed by atoms with E-state index in [-0.39, 0.29) is 0 Å². The Morgan fingerprint density at radius 1 is 1.38 bits per heavy atom. The summed E-state index contributed by atoms with van der Waals surface area (Å²) in [6.07, 6.45) is 2.92. The van der Waals surface area contributed by atoms with E-state index >= 15 is 0 Å². The minimum absolute atomic E-state index is 0.560. The van der Waals surface area contributed by atoms with Crippen molar-refractivity contribution < 1.29 is 4.42 Å². The van der Waals surface area contributed by atoms with E-state index in [4.69, 9.17) is 4.42 Å². The Morgan fingerprint density at radius 3 is 2.69 bits per heavy atom. The first-order chi connectivity index (χ1) is 6.18. The molecule has 0 aromatic carbocycles. The van der Waals surface area contributed by atoms with Gasteiger partial charge >= 0.3 is 0 Å². The van der Waals surface area contributed by atoms with Crippen molar-refractivity contribution in [2.45, 2.75) is 39.8 Å². The maximum absolute atomic E-state index is 5.23. The van der Waals surface area contributed by atoms with E-state index in [1.54, 1.807) is 6.26 Å². The van der Waals surface area contributed by atoms with Crippen LogP contribution in [0.2, 0.25) is 0 Å². The lowest BCUT2D eigenvalue weighted by Crippen LogP contribution is -2.26. The summed E-state index contributed by atoms with van der Waals surface area (Å²) in [7, 11) is 0. The third-order valence-corrected chi connectivity index (χ3v) is 2.03. The summed E-state index contributed by atoms with van der Waals surface area (Å²) in [6, 6.07) is 4.48. The number of rotatable bonds is 5. The smallest absolute Gasteiger partial charge is 0.117 e. The van der Waals surface area contributed by atoms with Crippen LogP contribution < -0.4 is 5.32 Å². The minimum atomic E-state index is 0.560. The van der Waals surface area contributed by atoms with Gasteiger partial charge < -0.3 is 9.73 Å². The highest BCUT2D eigenvalue weighted by Gasteiger charge is 2.04. The molecule has 13 heavy (non-hydrogen) atoms. The van der Waals surface area contributed by atoms with E-state index in [2.05, 4.69) is 26.1 Å². The summed E-state index contributed by atoms with van der Waals surface area (Å²) in [4.78, 5) is 0. The van der Waals surface area contributed by atoms with Gasteiger partial charge in [0.25, 0.3) is 0 Å². The monoisotopic (exact) mass is 181 g/mol. The quantitative estimate of drug-likeness (QED) is 0.755. The van der Waals surface area contributed by atoms with Crippen LogP contribution in [-0.2, 0) is 6.54 Å². The van der Waals surface area contributed by atoms with Crippen LogP contribution in [0.15, 0.2) is 22.8 Å². The van der Waals surface area contributed by atoms with Gasteiger partial charge in [0.05, 0.1) is 12.8 Å². The molecule has 1 heterocycles. The van der Waals surface area contributed by atoms with Crippen molar-refractivity contribution in [1.82, 2.24) is 5.32 Å². The van der Waals surface area contributed by atoms with Gasteiger partial charge in [-0.25, -0.2) is 0 Å². The van der Waals surface area contributed by atoms with Crippen molar-refractivity contribution in [2.24, 2.45) is 5.92 Å². The van der Waals surface area contributed by atoms with Crippen molar-refractivity contribution in [3.8, 4) is 0 Å². The zero-order valence-electron chi connectivity index (χ0n) is 8.71. The first-order valence-corrected chi connectivity index (χ1v) is 4.94. The summed E-state index contributed by atoms with van der Waals surface area (Å²) >= 11 is 0. The molecule has 0 aliphatic carbocycles. The fraction of sp³-hybridized carbons (Fsp3) is 0.636. The van der Waals surface area contributed by atoms with E-state index in [0.717, 1.165) is 18.2 Å². The molecule has 0 amide bonds. The molecular formula is C11H19NO. The Kier molecular flexibility index (Phi) is 4.03. The summed E-state index contributed by atoms with van der Waals surface area (Å²) in [5.74, 6) is 1.76. The average molecular weight is 181 g/mol. The zero-order valence-corrected chi connectivity index (χ0v) is 8.71. The number of hydrogen-bond acceptors (Lipinski definition) is 2. The van der Waals surface area contributed by atoms with Gasteiger partial charge in [-0.05, 0) is 31.4 Å². The van der Waals surface area contributed by atoms with Gasteiger partial charge in [-0.2, -0.15) is 0 Å². The van der Waals surface area contributed by atoms with E-state index in [0.29, 0.717) is 6.04 Å². The lowest BCUT2D eigenvalue weighted by atomic mass is 10.1. The Balaban J connectivity index is 2.19. The summed E-state index contributed by atoms with van der Waals surface area (Å²) in [6.45, 7) is 7.53. The molecule has 0 radical (unpaired) electrons. The van der Waals surface area contributed by atoms with Crippen molar-refractivity contribution >= 4 is 0 Å². The standard InChI is InChI=1S/C11H19NO/c1-9(2)7-10(3)12-8-11-5-4-6-13-11/h4-6,9-10,12H,7-8H2,1-3H3.